The highest BCUT2D eigenvalue weighted by Crippen LogP contribution is 2.41. The van der Waals surface area contributed by atoms with Crippen LogP contribution in [0, 0.1) is 6.92 Å². The molecule has 3 heterocycles. The van der Waals surface area contributed by atoms with Gasteiger partial charge in [0.25, 0.3) is 0 Å². The van der Waals surface area contributed by atoms with Crippen molar-refractivity contribution < 1.29 is 4.74 Å². The maximum absolute atomic E-state index is 6.03. The Morgan fingerprint density at radius 1 is 1.53 bits per heavy atom. The van der Waals surface area contributed by atoms with Crippen molar-refractivity contribution in [3.05, 3.63) is 11.1 Å². The van der Waals surface area contributed by atoms with Crippen molar-refractivity contribution in [3.8, 4) is 10.6 Å². The minimum Gasteiger partial charge on any atom is -0.382 e. The predicted octanol–water partition coefficient (Wildman–Crippen LogP) is 2.38. The molecular formula is C12H16N4OS2. The molecule has 7 heteroatoms. The smallest absolute Gasteiger partial charge is 0.149 e. The van der Waals surface area contributed by atoms with Gasteiger partial charge < -0.3 is 15.4 Å². The number of methoxy groups -OCH3 is 1. The van der Waals surface area contributed by atoms with Crippen LogP contribution in [0.5, 0.6) is 0 Å². The molecule has 1 aliphatic heterocycles. The topological polar surface area (TPSA) is 64.3 Å². The molecule has 1 fully saturated rings. The quantitative estimate of drug-likeness (QED) is 0.942. The molecule has 2 N–H and O–H groups in total. The van der Waals surface area contributed by atoms with Gasteiger partial charge in [0.05, 0.1) is 11.7 Å². The molecule has 0 saturated carbocycles. The summed E-state index contributed by atoms with van der Waals surface area (Å²) in [6.07, 6.45) is 1.35. The van der Waals surface area contributed by atoms with E-state index in [0.29, 0.717) is 11.9 Å². The maximum atomic E-state index is 6.03. The fourth-order valence-corrected chi connectivity index (χ4v) is 4.05. The zero-order valence-corrected chi connectivity index (χ0v) is 12.6. The summed E-state index contributed by atoms with van der Waals surface area (Å²) in [5.74, 6) is 0.579. The minimum absolute atomic E-state index is 0.300. The van der Waals surface area contributed by atoms with Crippen molar-refractivity contribution in [2.45, 2.75) is 19.4 Å². The Morgan fingerprint density at radius 2 is 2.37 bits per heavy atom. The summed E-state index contributed by atoms with van der Waals surface area (Å²) in [5, 5.41) is 4.11. The lowest BCUT2D eigenvalue weighted by molar-refractivity contribution is 0.121. The summed E-state index contributed by atoms with van der Waals surface area (Å²) < 4.78 is 9.72. The average molecular weight is 296 g/mol. The summed E-state index contributed by atoms with van der Waals surface area (Å²) in [4.78, 5) is 6.83. The summed E-state index contributed by atoms with van der Waals surface area (Å²) in [6, 6.07) is 0. The first kappa shape index (κ1) is 12.8. The number of nitrogens with zero attached hydrogens (tertiary/aromatic N) is 3. The van der Waals surface area contributed by atoms with Crippen LogP contribution in [0.15, 0.2) is 5.38 Å². The Kier molecular flexibility index (Phi) is 3.42. The zero-order valence-electron chi connectivity index (χ0n) is 10.9. The first-order valence-corrected chi connectivity index (χ1v) is 7.79. The van der Waals surface area contributed by atoms with E-state index in [4.69, 9.17) is 10.5 Å². The van der Waals surface area contributed by atoms with Gasteiger partial charge in [-0.25, -0.2) is 4.98 Å². The number of hydrogen-bond acceptors (Lipinski definition) is 7. The molecule has 0 aromatic carbocycles. The summed E-state index contributed by atoms with van der Waals surface area (Å²) >= 11 is 3.07. The first-order chi connectivity index (χ1) is 9.19. The molecule has 0 aliphatic carbocycles. The van der Waals surface area contributed by atoms with Gasteiger partial charge in [0.2, 0.25) is 0 Å². The number of nitrogens with two attached hydrogens (primary N) is 1. The van der Waals surface area contributed by atoms with Gasteiger partial charge in [0.1, 0.15) is 15.8 Å². The Hall–Kier alpha value is -1.18. The van der Waals surface area contributed by atoms with Crippen molar-refractivity contribution in [2.75, 3.05) is 30.8 Å². The van der Waals surface area contributed by atoms with Crippen LogP contribution in [-0.4, -0.2) is 35.7 Å². The SMILES string of the molecule is COC1CCN(c2snc(N)c2-c2nc(C)cs2)C1. The standard InChI is InChI=1S/C12H16N4OS2/c1-7-6-18-11(14-7)9-10(13)15-19-12(9)16-4-3-8(5-16)17-2/h6,8H,3-5H2,1-2H3,(H2,13,15). The monoisotopic (exact) mass is 296 g/mol. The number of nitrogen functional groups attached to an aromatic ring is 1. The van der Waals surface area contributed by atoms with Crippen LogP contribution >= 0.6 is 22.9 Å². The summed E-state index contributed by atoms with van der Waals surface area (Å²) in [6.45, 7) is 3.87. The predicted molar refractivity (Wildman–Crippen MR) is 80.0 cm³/mol. The van der Waals surface area contributed by atoms with Gasteiger partial charge in [-0.1, -0.05) is 0 Å². The van der Waals surface area contributed by atoms with E-state index in [0.717, 1.165) is 40.8 Å². The van der Waals surface area contributed by atoms with Crippen LogP contribution in [0.1, 0.15) is 12.1 Å². The first-order valence-electron chi connectivity index (χ1n) is 6.14. The molecule has 1 saturated heterocycles. The Bertz CT molecular complexity index is 580. The van der Waals surface area contributed by atoms with Crippen LogP contribution in [0.3, 0.4) is 0 Å². The van der Waals surface area contributed by atoms with E-state index in [-0.39, 0.29) is 0 Å². The minimum atomic E-state index is 0.300. The lowest BCUT2D eigenvalue weighted by atomic mass is 10.3. The molecule has 102 valence electrons. The molecule has 0 amide bonds. The van der Waals surface area contributed by atoms with Gasteiger partial charge >= 0.3 is 0 Å². The molecule has 19 heavy (non-hydrogen) atoms. The van der Waals surface area contributed by atoms with E-state index in [2.05, 4.69) is 14.3 Å². The lowest BCUT2D eigenvalue weighted by Gasteiger charge is -2.16. The normalized spacial score (nSPS) is 19.3. The van der Waals surface area contributed by atoms with E-state index in [1.54, 1.807) is 18.4 Å². The Labute approximate surface area is 120 Å². The number of hydrogen-bond donors (Lipinski definition) is 1. The summed E-state index contributed by atoms with van der Waals surface area (Å²) in [7, 11) is 1.76. The molecule has 0 bridgehead atoms. The van der Waals surface area contributed by atoms with Gasteiger partial charge in [-0.2, -0.15) is 4.37 Å². The molecule has 1 aliphatic rings. The second-order valence-corrected chi connectivity index (χ2v) is 6.24. The Morgan fingerprint density at radius 3 is 3.00 bits per heavy atom. The van der Waals surface area contributed by atoms with Crippen LogP contribution in [0.25, 0.3) is 10.6 Å². The number of rotatable bonds is 3. The molecule has 0 radical (unpaired) electrons. The van der Waals surface area contributed by atoms with Crippen LogP contribution in [0.4, 0.5) is 10.8 Å². The fourth-order valence-electron chi connectivity index (χ4n) is 2.28. The van der Waals surface area contributed by atoms with E-state index in [1.807, 2.05) is 12.3 Å². The maximum Gasteiger partial charge on any atom is 0.149 e. The highest BCUT2D eigenvalue weighted by atomic mass is 32.1. The van der Waals surface area contributed by atoms with Crippen LogP contribution < -0.4 is 10.6 Å². The van der Waals surface area contributed by atoms with Crippen LogP contribution in [0.2, 0.25) is 0 Å². The third-order valence-corrected chi connectivity index (χ3v) is 5.20. The second-order valence-electron chi connectivity index (χ2n) is 4.63. The zero-order chi connectivity index (χ0) is 13.4. The summed E-state index contributed by atoms with van der Waals surface area (Å²) in [5.41, 5.74) is 8.03. The van der Waals surface area contributed by atoms with Crippen molar-refractivity contribution in [2.24, 2.45) is 0 Å². The molecule has 0 spiro atoms. The highest BCUT2D eigenvalue weighted by molar-refractivity contribution is 7.15. The van der Waals surface area contributed by atoms with Gasteiger partial charge in [0.15, 0.2) is 0 Å². The number of anilines is 2. The number of aryl methyl sites for hydroxylation is 1. The third kappa shape index (κ3) is 2.33. The van der Waals surface area contributed by atoms with Crippen molar-refractivity contribution in [1.82, 2.24) is 9.36 Å². The molecule has 3 rings (SSSR count). The third-order valence-electron chi connectivity index (χ3n) is 3.30. The molecule has 1 unspecified atom stereocenters. The lowest BCUT2D eigenvalue weighted by Crippen LogP contribution is -2.21. The number of ether oxygens (including phenoxy) is 1. The highest BCUT2D eigenvalue weighted by Gasteiger charge is 2.28. The van der Waals surface area contributed by atoms with Crippen molar-refractivity contribution >= 4 is 33.7 Å². The van der Waals surface area contributed by atoms with E-state index >= 15 is 0 Å². The van der Waals surface area contributed by atoms with Crippen LogP contribution in [-0.2, 0) is 4.74 Å². The average Bonchev–Trinajstić information content (AvgIpc) is 3.08. The van der Waals surface area contributed by atoms with Gasteiger partial charge in [-0.05, 0) is 24.9 Å². The number of thiazole rings is 1. The molecular weight excluding hydrogens is 280 g/mol. The second kappa shape index (κ2) is 5.07. The molecule has 2 aromatic heterocycles. The van der Waals surface area contributed by atoms with Crippen molar-refractivity contribution in [1.29, 1.82) is 0 Å². The van der Waals surface area contributed by atoms with Gasteiger partial charge in [-0.15, -0.1) is 11.3 Å². The molecule has 1 atom stereocenters. The van der Waals surface area contributed by atoms with E-state index in [1.165, 1.54) is 11.5 Å². The van der Waals surface area contributed by atoms with E-state index in [9.17, 15) is 0 Å². The Balaban J connectivity index is 1.95. The largest absolute Gasteiger partial charge is 0.382 e. The number of aromatic nitrogens is 2. The molecule has 2 aromatic rings. The van der Waals surface area contributed by atoms with Gasteiger partial charge in [-0.3, -0.25) is 0 Å². The fraction of sp³-hybridized carbons (Fsp3) is 0.500. The van der Waals surface area contributed by atoms with Gasteiger partial charge in [0, 0.05) is 31.3 Å². The van der Waals surface area contributed by atoms with Crippen molar-refractivity contribution in [3.63, 3.8) is 0 Å². The molecule has 5 nitrogen and oxygen atoms in total. The van der Waals surface area contributed by atoms with E-state index < -0.39 is 0 Å².